The molecular weight excluding hydrogens is 271 g/mol. The van der Waals surface area contributed by atoms with E-state index in [0.29, 0.717) is 23.5 Å². The van der Waals surface area contributed by atoms with Crippen molar-refractivity contribution >= 4 is 0 Å². The van der Waals surface area contributed by atoms with E-state index in [1.165, 1.54) is 12.1 Å². The molecule has 4 heteroatoms. The highest BCUT2D eigenvalue weighted by Gasteiger charge is 2.12. The lowest BCUT2D eigenvalue weighted by atomic mass is 9.99. The molecule has 0 heterocycles. The average Bonchev–Trinajstić information content (AvgIpc) is 2.46. The highest BCUT2D eigenvalue weighted by Crippen LogP contribution is 2.29. The molecule has 0 bridgehead atoms. The second-order valence-corrected chi connectivity index (χ2v) is 4.97. The summed E-state index contributed by atoms with van der Waals surface area (Å²) in [4.78, 5) is 0. The zero-order valence-electron chi connectivity index (χ0n) is 12.4. The molecule has 0 spiro atoms. The van der Waals surface area contributed by atoms with Crippen LogP contribution < -0.4 is 9.47 Å². The van der Waals surface area contributed by atoms with Gasteiger partial charge in [0.15, 0.2) is 11.5 Å². The Morgan fingerprint density at radius 2 is 1.76 bits per heavy atom. The normalized spacial score (nSPS) is 12.0. The Kier molecular flexibility index (Phi) is 4.81. The summed E-state index contributed by atoms with van der Waals surface area (Å²) in [5.74, 6) is 0.909. The largest absolute Gasteiger partial charge is 0.493 e. The molecule has 0 saturated heterocycles. The van der Waals surface area contributed by atoms with Gasteiger partial charge in [0.2, 0.25) is 0 Å². The number of rotatable bonds is 5. The molecule has 0 aliphatic carbocycles. The van der Waals surface area contributed by atoms with Crippen molar-refractivity contribution in [3.63, 3.8) is 0 Å². The SMILES string of the molecule is COc1ccc(CC(O)c2cc(C)cc(F)c2)cc1OC. The number of methoxy groups -OCH3 is 2. The maximum Gasteiger partial charge on any atom is 0.160 e. The first-order chi connectivity index (χ1) is 10.0. The highest BCUT2D eigenvalue weighted by molar-refractivity contribution is 5.43. The molecule has 2 aromatic carbocycles. The summed E-state index contributed by atoms with van der Waals surface area (Å²) in [6, 6.07) is 10.0. The Bertz CT molecular complexity index is 605. The molecule has 0 saturated carbocycles. The monoisotopic (exact) mass is 290 g/mol. The van der Waals surface area contributed by atoms with Gasteiger partial charge in [0.1, 0.15) is 5.82 Å². The van der Waals surface area contributed by atoms with Crippen molar-refractivity contribution in [1.29, 1.82) is 0 Å². The van der Waals surface area contributed by atoms with Crippen molar-refractivity contribution in [2.24, 2.45) is 0 Å². The molecule has 2 aromatic rings. The minimum Gasteiger partial charge on any atom is -0.493 e. The lowest BCUT2D eigenvalue weighted by molar-refractivity contribution is 0.178. The van der Waals surface area contributed by atoms with E-state index in [9.17, 15) is 9.50 Å². The third-order valence-electron chi connectivity index (χ3n) is 3.33. The predicted molar refractivity (Wildman–Crippen MR) is 79.3 cm³/mol. The number of benzene rings is 2. The van der Waals surface area contributed by atoms with Crippen LogP contribution in [0.15, 0.2) is 36.4 Å². The number of hydrogen-bond donors (Lipinski definition) is 1. The maximum absolute atomic E-state index is 13.4. The number of aliphatic hydroxyl groups excluding tert-OH is 1. The van der Waals surface area contributed by atoms with Crippen LogP contribution in [0.5, 0.6) is 11.5 Å². The summed E-state index contributed by atoms with van der Waals surface area (Å²) in [5.41, 5.74) is 2.25. The van der Waals surface area contributed by atoms with E-state index in [1.54, 1.807) is 33.3 Å². The molecule has 1 N–H and O–H groups in total. The zero-order valence-corrected chi connectivity index (χ0v) is 12.4. The van der Waals surface area contributed by atoms with Gasteiger partial charge >= 0.3 is 0 Å². The van der Waals surface area contributed by atoms with Crippen molar-refractivity contribution < 1.29 is 19.0 Å². The van der Waals surface area contributed by atoms with E-state index in [4.69, 9.17) is 9.47 Å². The fourth-order valence-electron chi connectivity index (χ4n) is 2.31. The van der Waals surface area contributed by atoms with Gasteiger partial charge in [-0.15, -0.1) is 0 Å². The second kappa shape index (κ2) is 6.59. The minimum atomic E-state index is -0.766. The van der Waals surface area contributed by atoms with Gasteiger partial charge in [0, 0.05) is 6.42 Å². The summed E-state index contributed by atoms with van der Waals surface area (Å²) >= 11 is 0. The number of aliphatic hydroxyl groups is 1. The van der Waals surface area contributed by atoms with Crippen molar-refractivity contribution in [1.82, 2.24) is 0 Å². The van der Waals surface area contributed by atoms with Crippen LogP contribution in [0, 0.1) is 12.7 Å². The van der Waals surface area contributed by atoms with Gasteiger partial charge in [-0.3, -0.25) is 0 Å². The predicted octanol–water partition coefficient (Wildman–Crippen LogP) is 3.43. The van der Waals surface area contributed by atoms with Gasteiger partial charge in [0.05, 0.1) is 20.3 Å². The molecule has 0 amide bonds. The molecule has 0 aliphatic rings. The van der Waals surface area contributed by atoms with Crippen LogP contribution in [0.1, 0.15) is 22.8 Å². The smallest absolute Gasteiger partial charge is 0.160 e. The highest BCUT2D eigenvalue weighted by atomic mass is 19.1. The first-order valence-corrected chi connectivity index (χ1v) is 6.69. The molecule has 0 radical (unpaired) electrons. The number of ether oxygens (including phenoxy) is 2. The van der Waals surface area contributed by atoms with Crippen molar-refractivity contribution in [3.8, 4) is 11.5 Å². The molecule has 1 unspecified atom stereocenters. The molecule has 1 atom stereocenters. The van der Waals surface area contributed by atoms with Crippen molar-refractivity contribution in [3.05, 3.63) is 58.9 Å². The Hall–Kier alpha value is -2.07. The lowest BCUT2D eigenvalue weighted by Gasteiger charge is -2.14. The van der Waals surface area contributed by atoms with E-state index < -0.39 is 6.10 Å². The Morgan fingerprint density at radius 3 is 2.38 bits per heavy atom. The third-order valence-corrected chi connectivity index (χ3v) is 3.33. The molecule has 0 fully saturated rings. The van der Waals surface area contributed by atoms with E-state index in [0.717, 1.165) is 11.1 Å². The van der Waals surface area contributed by atoms with Gasteiger partial charge in [-0.25, -0.2) is 4.39 Å². The van der Waals surface area contributed by atoms with Crippen molar-refractivity contribution in [2.45, 2.75) is 19.4 Å². The Labute approximate surface area is 124 Å². The van der Waals surface area contributed by atoms with Crippen LogP contribution >= 0.6 is 0 Å². The van der Waals surface area contributed by atoms with E-state index >= 15 is 0 Å². The Balaban J connectivity index is 2.20. The van der Waals surface area contributed by atoms with Crippen LogP contribution in [-0.4, -0.2) is 19.3 Å². The number of halogens is 1. The topological polar surface area (TPSA) is 38.7 Å². The number of hydrogen-bond acceptors (Lipinski definition) is 3. The van der Waals surface area contributed by atoms with Crippen LogP contribution in [-0.2, 0) is 6.42 Å². The van der Waals surface area contributed by atoms with Crippen LogP contribution in [0.2, 0.25) is 0 Å². The van der Waals surface area contributed by atoms with Gasteiger partial charge < -0.3 is 14.6 Å². The molecule has 2 rings (SSSR count). The molecule has 21 heavy (non-hydrogen) atoms. The van der Waals surface area contributed by atoms with Gasteiger partial charge in [-0.05, 0) is 47.9 Å². The van der Waals surface area contributed by atoms with Gasteiger partial charge in [-0.2, -0.15) is 0 Å². The zero-order chi connectivity index (χ0) is 15.4. The minimum absolute atomic E-state index is 0.337. The second-order valence-electron chi connectivity index (χ2n) is 4.97. The van der Waals surface area contributed by atoms with E-state index in [1.807, 2.05) is 12.1 Å². The standard InChI is InChI=1S/C17H19FO3/c1-11-6-13(10-14(18)7-11)15(19)8-12-4-5-16(20-2)17(9-12)21-3/h4-7,9-10,15,19H,8H2,1-3H3. The molecule has 0 aliphatic heterocycles. The summed E-state index contributed by atoms with van der Waals surface area (Å²) in [7, 11) is 3.13. The summed E-state index contributed by atoms with van der Waals surface area (Å²) < 4.78 is 23.8. The first kappa shape index (κ1) is 15.3. The summed E-state index contributed by atoms with van der Waals surface area (Å²) in [5, 5.41) is 10.3. The Morgan fingerprint density at radius 1 is 1.05 bits per heavy atom. The average molecular weight is 290 g/mol. The fourth-order valence-corrected chi connectivity index (χ4v) is 2.31. The third kappa shape index (κ3) is 3.73. The fraction of sp³-hybridized carbons (Fsp3) is 0.294. The van der Waals surface area contributed by atoms with Crippen LogP contribution in [0.4, 0.5) is 4.39 Å². The van der Waals surface area contributed by atoms with Crippen molar-refractivity contribution in [2.75, 3.05) is 14.2 Å². The lowest BCUT2D eigenvalue weighted by Crippen LogP contribution is -2.03. The van der Waals surface area contributed by atoms with Crippen LogP contribution in [0.25, 0.3) is 0 Å². The molecule has 112 valence electrons. The van der Waals surface area contributed by atoms with Crippen LogP contribution in [0.3, 0.4) is 0 Å². The summed E-state index contributed by atoms with van der Waals surface area (Å²) in [6.07, 6.45) is -0.388. The maximum atomic E-state index is 13.4. The van der Waals surface area contributed by atoms with Gasteiger partial charge in [-0.1, -0.05) is 12.1 Å². The first-order valence-electron chi connectivity index (χ1n) is 6.69. The van der Waals surface area contributed by atoms with E-state index in [2.05, 4.69) is 0 Å². The number of aryl methyl sites for hydroxylation is 1. The molecule has 0 aromatic heterocycles. The molecular formula is C17H19FO3. The van der Waals surface area contributed by atoms with Gasteiger partial charge in [0.25, 0.3) is 0 Å². The summed E-state index contributed by atoms with van der Waals surface area (Å²) in [6.45, 7) is 1.80. The quantitative estimate of drug-likeness (QED) is 0.917. The molecule has 3 nitrogen and oxygen atoms in total. The van der Waals surface area contributed by atoms with E-state index in [-0.39, 0.29) is 5.82 Å².